The molecule has 122 valence electrons. The van der Waals surface area contributed by atoms with Crippen LogP contribution in [0.1, 0.15) is 12.0 Å². The van der Waals surface area contributed by atoms with Gasteiger partial charge in [0.05, 0.1) is 17.2 Å². The predicted molar refractivity (Wildman–Crippen MR) is 98.1 cm³/mol. The average Bonchev–Trinajstić information content (AvgIpc) is 2.55. The molecule has 1 N–H and O–H groups in total. The van der Waals surface area contributed by atoms with Gasteiger partial charge in [-0.2, -0.15) is 0 Å². The molecule has 0 aliphatic heterocycles. The van der Waals surface area contributed by atoms with E-state index in [1.54, 1.807) is 6.07 Å². The molecule has 0 aliphatic carbocycles. The number of para-hydroxylation sites is 1. The maximum atomic E-state index is 12.5. The molecule has 0 fully saturated rings. The molecule has 0 saturated carbocycles. The van der Waals surface area contributed by atoms with Gasteiger partial charge in [0.25, 0.3) is 5.56 Å². The Morgan fingerprint density at radius 1 is 1.25 bits per heavy atom. The molecule has 3 rings (SSSR count). The number of rotatable bonds is 4. The van der Waals surface area contributed by atoms with E-state index in [2.05, 4.69) is 26.2 Å². The van der Waals surface area contributed by atoms with Crippen LogP contribution in [0.3, 0.4) is 0 Å². The number of amides is 1. The fourth-order valence-corrected chi connectivity index (χ4v) is 2.91. The summed E-state index contributed by atoms with van der Waals surface area (Å²) < 4.78 is 2.37. The zero-order valence-corrected chi connectivity index (χ0v) is 14.7. The van der Waals surface area contributed by atoms with E-state index in [1.165, 1.54) is 10.9 Å². The zero-order chi connectivity index (χ0) is 17.1. The van der Waals surface area contributed by atoms with Gasteiger partial charge in [0.1, 0.15) is 0 Å². The minimum atomic E-state index is -0.149. The molecule has 1 aromatic heterocycles. The van der Waals surface area contributed by atoms with Crippen LogP contribution >= 0.6 is 15.9 Å². The molecular formula is C18H16BrN3O2. The van der Waals surface area contributed by atoms with Crippen LogP contribution in [0, 0.1) is 6.92 Å². The zero-order valence-electron chi connectivity index (χ0n) is 13.1. The van der Waals surface area contributed by atoms with Crippen molar-refractivity contribution in [1.29, 1.82) is 0 Å². The first-order valence-corrected chi connectivity index (χ1v) is 8.34. The van der Waals surface area contributed by atoms with Gasteiger partial charge in [-0.3, -0.25) is 14.2 Å². The highest BCUT2D eigenvalue weighted by molar-refractivity contribution is 9.10. The standard InChI is InChI=1S/C18H16BrN3O2/c1-12-4-2-7-15-17(12)20-11-22(18(15)24)9-8-16(23)21-14-6-3-5-13(19)10-14/h2-7,10-11H,8-9H2,1H3,(H,21,23). The van der Waals surface area contributed by atoms with Gasteiger partial charge in [0.15, 0.2) is 0 Å². The van der Waals surface area contributed by atoms with E-state index in [4.69, 9.17) is 0 Å². The third-order valence-corrected chi connectivity index (χ3v) is 4.24. The molecule has 0 atom stereocenters. The van der Waals surface area contributed by atoms with Crippen LogP contribution in [0.5, 0.6) is 0 Å². The van der Waals surface area contributed by atoms with Crippen LogP contribution in [-0.2, 0) is 11.3 Å². The number of fused-ring (bicyclic) bond motifs is 1. The second-order valence-electron chi connectivity index (χ2n) is 5.52. The van der Waals surface area contributed by atoms with E-state index < -0.39 is 0 Å². The SMILES string of the molecule is Cc1cccc2c(=O)n(CCC(=O)Nc3cccc(Br)c3)cnc12. The molecule has 5 nitrogen and oxygen atoms in total. The minimum Gasteiger partial charge on any atom is -0.326 e. The number of carbonyl (C=O) groups excluding carboxylic acids is 1. The van der Waals surface area contributed by atoms with Gasteiger partial charge in [0.2, 0.25) is 5.91 Å². The Morgan fingerprint density at radius 2 is 2.04 bits per heavy atom. The maximum Gasteiger partial charge on any atom is 0.261 e. The van der Waals surface area contributed by atoms with Gasteiger partial charge in [-0.15, -0.1) is 0 Å². The summed E-state index contributed by atoms with van der Waals surface area (Å²) in [4.78, 5) is 28.9. The van der Waals surface area contributed by atoms with E-state index >= 15 is 0 Å². The number of hydrogen-bond donors (Lipinski definition) is 1. The molecule has 0 radical (unpaired) electrons. The van der Waals surface area contributed by atoms with Crippen LogP contribution in [0.2, 0.25) is 0 Å². The van der Waals surface area contributed by atoms with Gasteiger partial charge in [-0.1, -0.05) is 34.1 Å². The lowest BCUT2D eigenvalue weighted by Gasteiger charge is -2.08. The summed E-state index contributed by atoms with van der Waals surface area (Å²) in [5.74, 6) is -0.149. The first-order valence-electron chi connectivity index (χ1n) is 7.55. The first-order chi connectivity index (χ1) is 11.5. The summed E-state index contributed by atoms with van der Waals surface area (Å²) in [5, 5.41) is 3.39. The Hall–Kier alpha value is -2.47. The monoisotopic (exact) mass is 385 g/mol. The van der Waals surface area contributed by atoms with Crippen LogP contribution in [-0.4, -0.2) is 15.5 Å². The Morgan fingerprint density at radius 3 is 2.83 bits per heavy atom. The number of halogens is 1. The molecule has 3 aromatic rings. The maximum absolute atomic E-state index is 12.5. The second kappa shape index (κ2) is 6.97. The molecule has 0 unspecified atom stereocenters. The highest BCUT2D eigenvalue weighted by Crippen LogP contribution is 2.16. The molecule has 6 heteroatoms. The van der Waals surface area contributed by atoms with E-state index in [1.807, 2.05) is 43.3 Å². The minimum absolute atomic E-state index is 0.126. The van der Waals surface area contributed by atoms with Crippen molar-refractivity contribution in [2.24, 2.45) is 0 Å². The molecule has 1 heterocycles. The Balaban J connectivity index is 1.73. The number of aromatic nitrogens is 2. The van der Waals surface area contributed by atoms with Gasteiger partial charge in [0, 0.05) is 23.1 Å². The molecule has 0 saturated heterocycles. The van der Waals surface area contributed by atoms with Gasteiger partial charge in [-0.05, 0) is 36.8 Å². The number of nitrogens with zero attached hydrogens (tertiary/aromatic N) is 2. The van der Waals surface area contributed by atoms with Crippen LogP contribution in [0.25, 0.3) is 10.9 Å². The second-order valence-corrected chi connectivity index (χ2v) is 6.44. The smallest absolute Gasteiger partial charge is 0.261 e. The summed E-state index contributed by atoms with van der Waals surface area (Å²) in [6.45, 7) is 2.21. The van der Waals surface area contributed by atoms with Crippen molar-refractivity contribution >= 4 is 38.4 Å². The van der Waals surface area contributed by atoms with Crippen molar-refractivity contribution < 1.29 is 4.79 Å². The number of aryl methyl sites for hydroxylation is 2. The largest absolute Gasteiger partial charge is 0.326 e. The summed E-state index contributed by atoms with van der Waals surface area (Å²) >= 11 is 3.36. The number of hydrogen-bond acceptors (Lipinski definition) is 3. The van der Waals surface area contributed by atoms with Gasteiger partial charge in [-0.25, -0.2) is 4.98 Å². The average molecular weight is 386 g/mol. The van der Waals surface area contributed by atoms with Crippen LogP contribution in [0.4, 0.5) is 5.69 Å². The fourth-order valence-electron chi connectivity index (χ4n) is 2.51. The molecule has 0 spiro atoms. The molecule has 0 bridgehead atoms. The predicted octanol–water partition coefficient (Wildman–Crippen LogP) is 3.50. The van der Waals surface area contributed by atoms with E-state index in [9.17, 15) is 9.59 Å². The summed E-state index contributed by atoms with van der Waals surface area (Å²) in [5.41, 5.74) is 2.26. The van der Waals surface area contributed by atoms with Crippen molar-refractivity contribution in [2.45, 2.75) is 19.9 Å². The Labute approximate surface area is 147 Å². The third-order valence-electron chi connectivity index (χ3n) is 3.74. The van der Waals surface area contributed by atoms with Crippen LogP contribution in [0.15, 0.2) is 58.1 Å². The fraction of sp³-hybridized carbons (Fsp3) is 0.167. The Kier molecular flexibility index (Phi) is 4.76. The van der Waals surface area contributed by atoms with Crippen molar-refractivity contribution in [3.05, 3.63) is 69.2 Å². The summed E-state index contributed by atoms with van der Waals surface area (Å²) in [6, 6.07) is 12.9. The van der Waals surface area contributed by atoms with Gasteiger partial charge < -0.3 is 5.32 Å². The van der Waals surface area contributed by atoms with Crippen molar-refractivity contribution in [2.75, 3.05) is 5.32 Å². The number of carbonyl (C=O) groups is 1. The third kappa shape index (κ3) is 3.54. The lowest BCUT2D eigenvalue weighted by molar-refractivity contribution is -0.116. The lowest BCUT2D eigenvalue weighted by atomic mass is 10.1. The van der Waals surface area contributed by atoms with Gasteiger partial charge >= 0.3 is 0 Å². The van der Waals surface area contributed by atoms with E-state index in [0.717, 1.165) is 10.0 Å². The Bertz CT molecular complexity index is 966. The molecule has 2 aromatic carbocycles. The van der Waals surface area contributed by atoms with Crippen molar-refractivity contribution in [1.82, 2.24) is 9.55 Å². The normalized spacial score (nSPS) is 10.8. The first kappa shape index (κ1) is 16.4. The number of nitrogens with one attached hydrogen (secondary N) is 1. The summed E-state index contributed by atoms with van der Waals surface area (Å²) in [6.07, 6.45) is 1.70. The highest BCUT2D eigenvalue weighted by atomic mass is 79.9. The molecule has 0 aliphatic rings. The molecular weight excluding hydrogens is 370 g/mol. The number of anilines is 1. The quantitative estimate of drug-likeness (QED) is 0.747. The number of benzene rings is 2. The van der Waals surface area contributed by atoms with E-state index in [0.29, 0.717) is 16.6 Å². The highest BCUT2D eigenvalue weighted by Gasteiger charge is 2.08. The molecule has 24 heavy (non-hydrogen) atoms. The lowest BCUT2D eigenvalue weighted by Crippen LogP contribution is -2.23. The van der Waals surface area contributed by atoms with Crippen LogP contribution < -0.4 is 10.9 Å². The summed E-state index contributed by atoms with van der Waals surface area (Å²) in [7, 11) is 0. The van der Waals surface area contributed by atoms with E-state index in [-0.39, 0.29) is 24.4 Å². The topological polar surface area (TPSA) is 64.0 Å². The van der Waals surface area contributed by atoms with Crippen molar-refractivity contribution in [3.8, 4) is 0 Å². The van der Waals surface area contributed by atoms with Crippen molar-refractivity contribution in [3.63, 3.8) is 0 Å². The molecule has 1 amide bonds.